The fraction of sp³-hybridized carbons (Fsp3) is 0.318. The number of carbonyl (C=O) groups is 1. The molecule has 0 fully saturated rings. The molecular formula is C22H26N4O5S. The maximum Gasteiger partial charge on any atom is 0.232 e. The van der Waals surface area contributed by atoms with Crippen molar-refractivity contribution in [2.75, 3.05) is 22.9 Å². The van der Waals surface area contributed by atoms with Crippen LogP contribution >= 0.6 is 0 Å². The van der Waals surface area contributed by atoms with Crippen molar-refractivity contribution in [3.05, 3.63) is 53.9 Å². The third-order valence-corrected chi connectivity index (χ3v) is 6.21. The first kappa shape index (κ1) is 23.3. The summed E-state index contributed by atoms with van der Waals surface area (Å²) < 4.78 is 37.1. The molecule has 1 heterocycles. The van der Waals surface area contributed by atoms with Crippen molar-refractivity contribution in [3.8, 4) is 17.1 Å². The molecule has 2 aromatic carbocycles. The Balaban J connectivity index is 1.59. The normalized spacial score (nSPS) is 11.2. The maximum atomic E-state index is 12.4. The molecule has 0 radical (unpaired) electrons. The van der Waals surface area contributed by atoms with Gasteiger partial charge >= 0.3 is 0 Å². The summed E-state index contributed by atoms with van der Waals surface area (Å²) in [5.74, 6) is 1.30. The monoisotopic (exact) mass is 458 g/mol. The number of methoxy groups -OCH3 is 1. The van der Waals surface area contributed by atoms with Gasteiger partial charge in [0.2, 0.25) is 27.6 Å². The van der Waals surface area contributed by atoms with E-state index in [0.29, 0.717) is 35.1 Å². The van der Waals surface area contributed by atoms with E-state index < -0.39 is 10.0 Å². The number of sulfonamides is 1. The molecular weight excluding hydrogens is 432 g/mol. The molecule has 0 aliphatic rings. The molecule has 9 nitrogen and oxygen atoms in total. The second kappa shape index (κ2) is 10.3. The van der Waals surface area contributed by atoms with Gasteiger partial charge in [0.05, 0.1) is 18.6 Å². The van der Waals surface area contributed by atoms with Gasteiger partial charge in [0.15, 0.2) is 0 Å². The molecule has 170 valence electrons. The lowest BCUT2D eigenvalue weighted by Gasteiger charge is -2.14. The van der Waals surface area contributed by atoms with Crippen LogP contribution in [0.2, 0.25) is 0 Å². The lowest BCUT2D eigenvalue weighted by atomic mass is 10.1. The summed E-state index contributed by atoms with van der Waals surface area (Å²) in [4.78, 5) is 16.8. The molecule has 3 aromatic rings. The molecule has 0 atom stereocenters. The van der Waals surface area contributed by atoms with Crippen molar-refractivity contribution in [2.45, 2.75) is 33.1 Å². The zero-order valence-electron chi connectivity index (χ0n) is 18.2. The van der Waals surface area contributed by atoms with Crippen LogP contribution in [-0.2, 0) is 21.2 Å². The van der Waals surface area contributed by atoms with Crippen molar-refractivity contribution >= 4 is 27.3 Å². The summed E-state index contributed by atoms with van der Waals surface area (Å²) in [6.45, 7) is 3.55. The van der Waals surface area contributed by atoms with E-state index in [4.69, 9.17) is 9.26 Å². The van der Waals surface area contributed by atoms with Gasteiger partial charge in [0.1, 0.15) is 5.75 Å². The van der Waals surface area contributed by atoms with Gasteiger partial charge in [-0.3, -0.25) is 9.52 Å². The van der Waals surface area contributed by atoms with Crippen molar-refractivity contribution in [1.82, 2.24) is 10.1 Å². The fourth-order valence-electron chi connectivity index (χ4n) is 3.02. The van der Waals surface area contributed by atoms with Crippen molar-refractivity contribution in [1.29, 1.82) is 0 Å². The Morgan fingerprint density at radius 1 is 1.12 bits per heavy atom. The molecule has 1 aromatic heterocycles. The third kappa shape index (κ3) is 6.07. The van der Waals surface area contributed by atoms with Gasteiger partial charge in [-0.1, -0.05) is 18.1 Å². The Morgan fingerprint density at radius 3 is 2.53 bits per heavy atom. The molecule has 0 saturated heterocycles. The minimum absolute atomic E-state index is 0.0335. The van der Waals surface area contributed by atoms with E-state index in [1.54, 1.807) is 51.3 Å². The fourth-order valence-corrected chi connectivity index (χ4v) is 4.21. The van der Waals surface area contributed by atoms with E-state index in [1.807, 2.05) is 12.1 Å². The zero-order valence-corrected chi connectivity index (χ0v) is 19.0. The number of hydrogen-bond acceptors (Lipinski definition) is 7. The Morgan fingerprint density at radius 2 is 1.84 bits per heavy atom. The molecule has 0 saturated carbocycles. The lowest BCUT2D eigenvalue weighted by molar-refractivity contribution is -0.116. The van der Waals surface area contributed by atoms with Crippen LogP contribution in [0.5, 0.6) is 5.75 Å². The summed E-state index contributed by atoms with van der Waals surface area (Å²) in [5, 5.41) is 6.77. The number of rotatable bonds is 10. The summed E-state index contributed by atoms with van der Waals surface area (Å²) in [6.07, 6.45) is 0.924. The molecule has 0 aliphatic heterocycles. The molecule has 1 amide bonds. The van der Waals surface area contributed by atoms with Crippen molar-refractivity contribution in [2.24, 2.45) is 0 Å². The molecule has 0 aliphatic carbocycles. The number of nitrogens with zero attached hydrogens (tertiary/aromatic N) is 2. The predicted octanol–water partition coefficient (Wildman–Crippen LogP) is 3.78. The minimum atomic E-state index is -3.42. The lowest BCUT2D eigenvalue weighted by Crippen LogP contribution is -2.18. The van der Waals surface area contributed by atoms with Crippen LogP contribution in [0, 0.1) is 6.92 Å². The number of nitrogens with one attached hydrogen (secondary N) is 2. The highest BCUT2D eigenvalue weighted by atomic mass is 32.2. The Hall–Kier alpha value is -3.40. The van der Waals surface area contributed by atoms with Crippen LogP contribution in [-0.4, -0.2) is 37.3 Å². The quantitative estimate of drug-likeness (QED) is 0.474. The summed E-state index contributed by atoms with van der Waals surface area (Å²) >= 11 is 0. The van der Waals surface area contributed by atoms with Crippen LogP contribution in [0.4, 0.5) is 11.4 Å². The zero-order chi connectivity index (χ0) is 23.1. The van der Waals surface area contributed by atoms with Crippen molar-refractivity contribution < 1.29 is 22.5 Å². The SMILES string of the molecule is CCCS(=O)(=O)Nc1cccc(NC(=O)CCc2nc(-c3ccc(OC)cc3)no2)c1C. The van der Waals surface area contributed by atoms with Crippen molar-refractivity contribution in [3.63, 3.8) is 0 Å². The van der Waals surface area contributed by atoms with Gasteiger partial charge in [-0.25, -0.2) is 8.42 Å². The molecule has 10 heteroatoms. The van der Waals surface area contributed by atoms with Gasteiger partial charge in [-0.2, -0.15) is 4.98 Å². The Bertz CT molecular complexity index is 1170. The van der Waals surface area contributed by atoms with Gasteiger partial charge in [0.25, 0.3) is 0 Å². The van der Waals surface area contributed by atoms with Crippen LogP contribution in [0.3, 0.4) is 0 Å². The van der Waals surface area contributed by atoms with Crippen LogP contribution < -0.4 is 14.8 Å². The first-order valence-corrected chi connectivity index (χ1v) is 11.8. The molecule has 32 heavy (non-hydrogen) atoms. The standard InChI is InChI=1S/C22H26N4O5S/c1-4-14-32(28,29)26-19-7-5-6-18(15(19)2)23-20(27)12-13-21-24-22(25-31-21)16-8-10-17(30-3)11-9-16/h5-11,26H,4,12-14H2,1-3H3,(H,23,27). The predicted molar refractivity (Wildman–Crippen MR) is 122 cm³/mol. The number of hydrogen-bond donors (Lipinski definition) is 2. The number of anilines is 2. The molecule has 0 bridgehead atoms. The van der Waals surface area contributed by atoms with Gasteiger partial charge in [-0.15, -0.1) is 0 Å². The Kier molecular flexibility index (Phi) is 7.47. The largest absolute Gasteiger partial charge is 0.497 e. The van der Waals surface area contributed by atoms with Crippen LogP contribution in [0.25, 0.3) is 11.4 Å². The van der Waals surface area contributed by atoms with E-state index in [1.165, 1.54) is 0 Å². The van der Waals surface area contributed by atoms with E-state index in [0.717, 1.165) is 11.3 Å². The molecule has 2 N–H and O–H groups in total. The van der Waals surface area contributed by atoms with E-state index in [9.17, 15) is 13.2 Å². The second-order valence-electron chi connectivity index (χ2n) is 7.19. The third-order valence-electron chi connectivity index (χ3n) is 4.73. The average molecular weight is 459 g/mol. The van der Waals surface area contributed by atoms with Gasteiger partial charge in [0, 0.05) is 24.1 Å². The highest BCUT2D eigenvalue weighted by Gasteiger charge is 2.15. The van der Waals surface area contributed by atoms with E-state index in [-0.39, 0.29) is 24.5 Å². The first-order chi connectivity index (χ1) is 15.3. The van der Waals surface area contributed by atoms with Gasteiger partial charge in [-0.05, 0) is 55.3 Å². The van der Waals surface area contributed by atoms with Crippen LogP contribution in [0.15, 0.2) is 47.0 Å². The number of aryl methyl sites for hydroxylation is 1. The average Bonchev–Trinajstić information content (AvgIpc) is 3.24. The number of ether oxygens (including phenoxy) is 1. The molecule has 3 rings (SSSR count). The summed E-state index contributed by atoms with van der Waals surface area (Å²) in [5.41, 5.74) is 2.40. The number of amides is 1. The van der Waals surface area contributed by atoms with Gasteiger partial charge < -0.3 is 14.6 Å². The Labute approximate surface area is 187 Å². The number of carbonyl (C=O) groups excluding carboxylic acids is 1. The number of aromatic nitrogens is 2. The minimum Gasteiger partial charge on any atom is -0.497 e. The molecule has 0 unspecified atom stereocenters. The highest BCUT2D eigenvalue weighted by Crippen LogP contribution is 2.25. The maximum absolute atomic E-state index is 12.4. The number of benzene rings is 2. The van der Waals surface area contributed by atoms with E-state index in [2.05, 4.69) is 20.2 Å². The highest BCUT2D eigenvalue weighted by molar-refractivity contribution is 7.92. The topological polar surface area (TPSA) is 123 Å². The second-order valence-corrected chi connectivity index (χ2v) is 9.03. The first-order valence-electron chi connectivity index (χ1n) is 10.2. The van der Waals surface area contributed by atoms with E-state index >= 15 is 0 Å². The summed E-state index contributed by atoms with van der Waals surface area (Å²) in [6, 6.07) is 12.3. The summed E-state index contributed by atoms with van der Waals surface area (Å²) in [7, 11) is -1.83. The smallest absolute Gasteiger partial charge is 0.232 e. The molecule has 0 spiro atoms. The van der Waals surface area contributed by atoms with Crippen LogP contribution in [0.1, 0.15) is 31.2 Å².